The standard InChI is InChI=1S/C17H25NO3S/c1-14-4-2-5-15(12-14)7-11-18-22(19,20)13-16-6-10-17(21-16)8-3-9-17/h2,4-5,12,16,18H,3,6-11,13H2,1H3. The van der Waals surface area contributed by atoms with Crippen LogP contribution >= 0.6 is 0 Å². The predicted molar refractivity (Wildman–Crippen MR) is 87.4 cm³/mol. The van der Waals surface area contributed by atoms with E-state index in [1.165, 1.54) is 12.0 Å². The lowest BCUT2D eigenvalue weighted by molar-refractivity contribution is -0.0842. The number of hydrogen-bond donors (Lipinski definition) is 1. The number of aryl methyl sites for hydroxylation is 1. The van der Waals surface area contributed by atoms with Crippen molar-refractivity contribution in [3.8, 4) is 0 Å². The summed E-state index contributed by atoms with van der Waals surface area (Å²) in [6, 6.07) is 8.17. The molecule has 2 aliphatic rings. The van der Waals surface area contributed by atoms with Crippen LogP contribution in [0, 0.1) is 6.92 Å². The van der Waals surface area contributed by atoms with Gasteiger partial charge in [-0.3, -0.25) is 0 Å². The van der Waals surface area contributed by atoms with E-state index in [0.29, 0.717) is 6.54 Å². The third-order valence-electron chi connectivity index (χ3n) is 4.83. The van der Waals surface area contributed by atoms with Crippen molar-refractivity contribution in [1.29, 1.82) is 0 Å². The molecular formula is C17H25NO3S. The van der Waals surface area contributed by atoms with Crippen LogP contribution in [-0.4, -0.2) is 32.4 Å². The molecule has 1 unspecified atom stereocenters. The zero-order valence-electron chi connectivity index (χ0n) is 13.2. The van der Waals surface area contributed by atoms with Gasteiger partial charge in [0.15, 0.2) is 0 Å². The highest BCUT2D eigenvalue weighted by Gasteiger charge is 2.45. The monoisotopic (exact) mass is 323 g/mol. The van der Waals surface area contributed by atoms with Crippen LogP contribution in [0.4, 0.5) is 0 Å². The van der Waals surface area contributed by atoms with Crippen molar-refractivity contribution in [2.24, 2.45) is 0 Å². The highest BCUT2D eigenvalue weighted by molar-refractivity contribution is 7.89. The maximum absolute atomic E-state index is 12.2. The molecule has 22 heavy (non-hydrogen) atoms. The van der Waals surface area contributed by atoms with Gasteiger partial charge in [0, 0.05) is 6.54 Å². The molecule has 0 aromatic heterocycles. The van der Waals surface area contributed by atoms with Crippen molar-refractivity contribution in [3.05, 3.63) is 35.4 Å². The van der Waals surface area contributed by atoms with Crippen LogP contribution in [0.2, 0.25) is 0 Å². The summed E-state index contributed by atoms with van der Waals surface area (Å²) in [6.07, 6.45) is 5.91. The summed E-state index contributed by atoms with van der Waals surface area (Å²) in [6.45, 7) is 2.49. The third-order valence-corrected chi connectivity index (χ3v) is 6.28. The van der Waals surface area contributed by atoms with E-state index < -0.39 is 10.0 Å². The summed E-state index contributed by atoms with van der Waals surface area (Å²) in [5.41, 5.74) is 2.39. The number of nitrogens with one attached hydrogen (secondary N) is 1. The Morgan fingerprint density at radius 3 is 2.77 bits per heavy atom. The number of ether oxygens (including phenoxy) is 1. The highest BCUT2D eigenvalue weighted by atomic mass is 32.2. The minimum atomic E-state index is -3.25. The first-order valence-electron chi connectivity index (χ1n) is 8.17. The highest BCUT2D eigenvalue weighted by Crippen LogP contribution is 2.45. The van der Waals surface area contributed by atoms with Gasteiger partial charge in [-0.15, -0.1) is 0 Å². The zero-order valence-corrected chi connectivity index (χ0v) is 14.0. The molecule has 1 aromatic carbocycles. The number of benzene rings is 1. The molecule has 1 atom stereocenters. The molecule has 1 saturated carbocycles. The fourth-order valence-corrected chi connectivity index (χ4v) is 4.73. The number of hydrogen-bond acceptors (Lipinski definition) is 3. The average Bonchev–Trinajstić information content (AvgIpc) is 2.82. The molecule has 0 amide bonds. The molecule has 2 fully saturated rings. The Balaban J connectivity index is 1.45. The maximum atomic E-state index is 12.2. The molecule has 0 radical (unpaired) electrons. The quantitative estimate of drug-likeness (QED) is 0.875. The first kappa shape index (κ1) is 16.0. The van der Waals surface area contributed by atoms with E-state index in [-0.39, 0.29) is 17.5 Å². The lowest BCUT2D eigenvalue weighted by atomic mass is 9.78. The lowest BCUT2D eigenvalue weighted by Gasteiger charge is -2.37. The van der Waals surface area contributed by atoms with Crippen molar-refractivity contribution >= 4 is 10.0 Å². The first-order valence-corrected chi connectivity index (χ1v) is 9.82. The van der Waals surface area contributed by atoms with Gasteiger partial charge < -0.3 is 4.74 Å². The van der Waals surface area contributed by atoms with Crippen molar-refractivity contribution in [2.45, 2.75) is 57.2 Å². The molecule has 1 N–H and O–H groups in total. The predicted octanol–water partition coefficient (Wildman–Crippen LogP) is 2.56. The third kappa shape index (κ3) is 3.89. The summed E-state index contributed by atoms with van der Waals surface area (Å²) < 4.78 is 33.0. The Kier molecular flexibility index (Phi) is 4.57. The second-order valence-corrected chi connectivity index (χ2v) is 8.58. The molecular weight excluding hydrogens is 298 g/mol. The molecule has 5 heteroatoms. The van der Waals surface area contributed by atoms with Gasteiger partial charge in [-0.2, -0.15) is 0 Å². The van der Waals surface area contributed by atoms with Gasteiger partial charge in [0.05, 0.1) is 17.5 Å². The first-order chi connectivity index (χ1) is 10.5. The van der Waals surface area contributed by atoms with Crippen LogP contribution in [0.3, 0.4) is 0 Å². The van der Waals surface area contributed by atoms with Crippen LogP contribution in [0.25, 0.3) is 0 Å². The van der Waals surface area contributed by atoms with E-state index in [9.17, 15) is 8.42 Å². The SMILES string of the molecule is Cc1cccc(CCNS(=O)(=O)CC2CCC3(CCC3)O2)c1. The summed E-state index contributed by atoms with van der Waals surface area (Å²) in [7, 11) is -3.25. The Labute approximate surface area is 133 Å². The smallest absolute Gasteiger partial charge is 0.214 e. The minimum absolute atomic E-state index is 0.0295. The van der Waals surface area contributed by atoms with Gasteiger partial charge in [-0.05, 0) is 51.0 Å². The fraction of sp³-hybridized carbons (Fsp3) is 0.647. The molecule has 1 aliphatic carbocycles. The Bertz CT molecular complexity index is 623. The molecule has 3 rings (SSSR count). The summed E-state index contributed by atoms with van der Waals surface area (Å²) >= 11 is 0. The molecule has 1 spiro atoms. The molecule has 4 nitrogen and oxygen atoms in total. The Morgan fingerprint density at radius 2 is 2.14 bits per heavy atom. The van der Waals surface area contributed by atoms with Gasteiger partial charge in [-0.1, -0.05) is 29.8 Å². The van der Waals surface area contributed by atoms with Crippen LogP contribution in [-0.2, 0) is 21.2 Å². The normalized spacial score (nSPS) is 23.6. The molecule has 122 valence electrons. The zero-order chi connectivity index (χ0) is 15.6. The second kappa shape index (κ2) is 6.30. The Morgan fingerprint density at radius 1 is 1.32 bits per heavy atom. The Hall–Kier alpha value is -0.910. The van der Waals surface area contributed by atoms with E-state index >= 15 is 0 Å². The van der Waals surface area contributed by atoms with Gasteiger partial charge in [-0.25, -0.2) is 13.1 Å². The molecule has 1 heterocycles. The van der Waals surface area contributed by atoms with Crippen LogP contribution in [0.15, 0.2) is 24.3 Å². The van der Waals surface area contributed by atoms with Crippen molar-refractivity contribution < 1.29 is 13.2 Å². The average molecular weight is 323 g/mol. The van der Waals surface area contributed by atoms with Crippen molar-refractivity contribution in [2.75, 3.05) is 12.3 Å². The summed E-state index contributed by atoms with van der Waals surface area (Å²) in [5, 5.41) is 0. The van der Waals surface area contributed by atoms with E-state index in [1.807, 2.05) is 25.1 Å². The summed E-state index contributed by atoms with van der Waals surface area (Å²) in [4.78, 5) is 0. The van der Waals surface area contributed by atoms with Crippen LogP contribution < -0.4 is 4.72 Å². The molecule has 1 aromatic rings. The number of rotatable bonds is 6. The van der Waals surface area contributed by atoms with Crippen molar-refractivity contribution in [1.82, 2.24) is 4.72 Å². The van der Waals surface area contributed by atoms with Gasteiger partial charge in [0.25, 0.3) is 0 Å². The topological polar surface area (TPSA) is 55.4 Å². The van der Waals surface area contributed by atoms with E-state index in [4.69, 9.17) is 4.74 Å². The summed E-state index contributed by atoms with van der Waals surface area (Å²) in [5.74, 6) is 0.0998. The van der Waals surface area contributed by atoms with E-state index in [0.717, 1.165) is 37.7 Å². The minimum Gasteiger partial charge on any atom is -0.371 e. The lowest BCUT2D eigenvalue weighted by Crippen LogP contribution is -2.39. The van der Waals surface area contributed by atoms with Gasteiger partial charge >= 0.3 is 0 Å². The fourth-order valence-electron chi connectivity index (χ4n) is 3.47. The van der Waals surface area contributed by atoms with Crippen LogP contribution in [0.1, 0.15) is 43.2 Å². The maximum Gasteiger partial charge on any atom is 0.214 e. The van der Waals surface area contributed by atoms with Crippen molar-refractivity contribution in [3.63, 3.8) is 0 Å². The van der Waals surface area contributed by atoms with E-state index in [1.54, 1.807) is 0 Å². The van der Waals surface area contributed by atoms with E-state index in [2.05, 4.69) is 10.8 Å². The second-order valence-electron chi connectivity index (χ2n) is 6.73. The van der Waals surface area contributed by atoms with Gasteiger partial charge in [0.1, 0.15) is 0 Å². The largest absolute Gasteiger partial charge is 0.371 e. The van der Waals surface area contributed by atoms with Gasteiger partial charge in [0.2, 0.25) is 10.0 Å². The van der Waals surface area contributed by atoms with Crippen LogP contribution in [0.5, 0.6) is 0 Å². The molecule has 1 saturated heterocycles. The molecule has 1 aliphatic heterocycles. The number of sulfonamides is 1. The molecule has 0 bridgehead atoms.